The number of hydrogen-bond donors (Lipinski definition) is 2. The van der Waals surface area contributed by atoms with E-state index >= 15 is 0 Å². The van der Waals surface area contributed by atoms with Gasteiger partial charge in [0.05, 0.1) is 10.7 Å². The van der Waals surface area contributed by atoms with Crippen LogP contribution in [0.3, 0.4) is 0 Å². The van der Waals surface area contributed by atoms with Crippen molar-refractivity contribution in [2.24, 2.45) is 0 Å². The van der Waals surface area contributed by atoms with Crippen molar-refractivity contribution in [3.8, 4) is 0 Å². The summed E-state index contributed by atoms with van der Waals surface area (Å²) in [5.74, 6) is -1.73. The van der Waals surface area contributed by atoms with E-state index in [4.69, 9.17) is 27.9 Å². The quantitative estimate of drug-likeness (QED) is 0.736. The van der Waals surface area contributed by atoms with Crippen LogP contribution in [0, 0.1) is 0 Å². The highest BCUT2D eigenvalue weighted by Gasteiger charge is 2.19. The van der Waals surface area contributed by atoms with Gasteiger partial charge < -0.3 is 15.4 Å². The minimum Gasteiger partial charge on any atom is -0.451 e. The van der Waals surface area contributed by atoms with Crippen LogP contribution >= 0.6 is 23.2 Å². The Morgan fingerprint density at radius 3 is 2.46 bits per heavy atom. The number of halogens is 2. The van der Waals surface area contributed by atoms with Gasteiger partial charge in [-0.1, -0.05) is 41.4 Å². The van der Waals surface area contributed by atoms with Gasteiger partial charge in [-0.05, 0) is 37.3 Å². The van der Waals surface area contributed by atoms with Crippen LogP contribution in [-0.2, 0) is 14.3 Å². The second-order valence-corrected chi connectivity index (χ2v) is 6.14. The third-order valence-electron chi connectivity index (χ3n) is 3.29. The molecule has 2 aromatic rings. The number of ether oxygens (including phenoxy) is 1. The molecule has 0 unspecified atom stereocenters. The first-order valence-electron chi connectivity index (χ1n) is 7.65. The molecule has 6 nitrogen and oxygen atoms in total. The van der Waals surface area contributed by atoms with Crippen molar-refractivity contribution in [3.05, 3.63) is 64.1 Å². The Bertz CT molecular complexity index is 812. The fraction of sp³-hybridized carbons (Fsp3) is 0.167. The van der Waals surface area contributed by atoms with Gasteiger partial charge in [0.2, 0.25) is 0 Å². The van der Waals surface area contributed by atoms with E-state index < -0.39 is 23.9 Å². The fourth-order valence-electron chi connectivity index (χ4n) is 1.96. The largest absolute Gasteiger partial charge is 0.451 e. The molecule has 0 aromatic heterocycles. The van der Waals surface area contributed by atoms with Gasteiger partial charge in [-0.2, -0.15) is 0 Å². The first-order valence-corrected chi connectivity index (χ1v) is 8.41. The lowest BCUT2D eigenvalue weighted by Gasteiger charge is -2.14. The van der Waals surface area contributed by atoms with Crippen LogP contribution in [0.1, 0.15) is 17.3 Å². The lowest BCUT2D eigenvalue weighted by Crippen LogP contribution is -2.35. The predicted octanol–water partition coefficient (Wildman–Crippen LogP) is 3.29. The minimum absolute atomic E-state index is 0.302. The summed E-state index contributed by atoms with van der Waals surface area (Å²) in [5.41, 5.74) is 0.728. The first kappa shape index (κ1) is 19.8. The molecule has 0 spiro atoms. The number of esters is 1. The molecule has 26 heavy (non-hydrogen) atoms. The molecule has 0 saturated carbocycles. The zero-order valence-electron chi connectivity index (χ0n) is 13.8. The van der Waals surface area contributed by atoms with E-state index in [9.17, 15) is 14.4 Å². The zero-order chi connectivity index (χ0) is 19.1. The number of anilines is 1. The molecule has 0 fully saturated rings. The highest BCUT2D eigenvalue weighted by molar-refractivity contribution is 6.35. The van der Waals surface area contributed by atoms with E-state index in [1.807, 2.05) is 0 Å². The molecular weight excluding hydrogens is 379 g/mol. The molecule has 0 saturated heterocycles. The molecule has 136 valence electrons. The van der Waals surface area contributed by atoms with Crippen molar-refractivity contribution in [3.63, 3.8) is 0 Å². The molecule has 1 atom stereocenters. The number of benzene rings is 2. The summed E-state index contributed by atoms with van der Waals surface area (Å²) < 4.78 is 5.00. The molecule has 2 N–H and O–H groups in total. The number of carbonyl (C=O) groups is 3. The summed E-state index contributed by atoms with van der Waals surface area (Å²) in [7, 11) is 0. The van der Waals surface area contributed by atoms with Gasteiger partial charge in [0.1, 0.15) is 6.54 Å². The van der Waals surface area contributed by atoms with Gasteiger partial charge in [-0.25, -0.2) is 0 Å². The second kappa shape index (κ2) is 9.22. The number of rotatable bonds is 6. The van der Waals surface area contributed by atoms with Crippen LogP contribution in [0.15, 0.2) is 48.5 Å². The topological polar surface area (TPSA) is 84.5 Å². The number of amides is 2. The van der Waals surface area contributed by atoms with Crippen molar-refractivity contribution in [1.82, 2.24) is 5.32 Å². The van der Waals surface area contributed by atoms with Gasteiger partial charge in [0, 0.05) is 10.6 Å². The van der Waals surface area contributed by atoms with E-state index in [0.717, 1.165) is 0 Å². The van der Waals surface area contributed by atoms with Gasteiger partial charge in [0.25, 0.3) is 11.8 Å². The van der Waals surface area contributed by atoms with Crippen molar-refractivity contribution < 1.29 is 19.1 Å². The maximum absolute atomic E-state index is 12.1. The monoisotopic (exact) mass is 394 g/mol. The molecule has 8 heteroatoms. The smallest absolute Gasteiger partial charge is 0.326 e. The Morgan fingerprint density at radius 1 is 1.08 bits per heavy atom. The number of nitrogens with one attached hydrogen (secondary N) is 2. The molecule has 0 aliphatic rings. The van der Waals surface area contributed by atoms with Crippen LogP contribution < -0.4 is 10.6 Å². The summed E-state index contributed by atoms with van der Waals surface area (Å²) in [6.07, 6.45) is -1.08. The van der Waals surface area contributed by atoms with Gasteiger partial charge in [0.15, 0.2) is 6.10 Å². The van der Waals surface area contributed by atoms with Crippen LogP contribution in [-0.4, -0.2) is 30.4 Å². The van der Waals surface area contributed by atoms with E-state index in [1.165, 1.54) is 19.1 Å². The standard InChI is InChI=1S/C18H16Cl2N2O4/c1-11(17(24)22-15-9-13(19)7-8-14(15)20)26-16(23)10-21-18(25)12-5-3-2-4-6-12/h2-9,11H,10H2,1H3,(H,21,25)(H,22,24)/t11-/m1/s1. The Morgan fingerprint density at radius 2 is 1.77 bits per heavy atom. The summed E-state index contributed by atoms with van der Waals surface area (Å²) >= 11 is 11.8. The molecule has 0 heterocycles. The molecule has 2 aromatic carbocycles. The second-order valence-electron chi connectivity index (χ2n) is 5.29. The normalized spacial score (nSPS) is 11.3. The molecule has 0 aliphatic carbocycles. The molecular formula is C18H16Cl2N2O4. The van der Waals surface area contributed by atoms with Crippen molar-refractivity contribution >= 4 is 46.7 Å². The summed E-state index contributed by atoms with van der Waals surface area (Å²) in [5, 5.41) is 5.66. The molecule has 2 rings (SSSR count). The molecule has 0 radical (unpaired) electrons. The lowest BCUT2D eigenvalue weighted by molar-refractivity contribution is -0.152. The van der Waals surface area contributed by atoms with Crippen molar-refractivity contribution in [2.75, 3.05) is 11.9 Å². The van der Waals surface area contributed by atoms with Gasteiger partial charge in [-0.15, -0.1) is 0 Å². The minimum atomic E-state index is -1.08. The fourth-order valence-corrected chi connectivity index (χ4v) is 2.30. The van der Waals surface area contributed by atoms with Crippen LogP contribution in [0.2, 0.25) is 10.0 Å². The van der Waals surface area contributed by atoms with E-state index in [0.29, 0.717) is 21.3 Å². The van der Waals surface area contributed by atoms with E-state index in [2.05, 4.69) is 10.6 Å². The average molecular weight is 395 g/mol. The van der Waals surface area contributed by atoms with E-state index in [1.54, 1.807) is 36.4 Å². The number of carbonyl (C=O) groups excluding carboxylic acids is 3. The molecule has 0 bridgehead atoms. The molecule has 2 amide bonds. The predicted molar refractivity (Wildman–Crippen MR) is 99.4 cm³/mol. The highest BCUT2D eigenvalue weighted by atomic mass is 35.5. The summed E-state index contributed by atoms with van der Waals surface area (Å²) in [6, 6.07) is 13.0. The first-order chi connectivity index (χ1) is 12.4. The van der Waals surface area contributed by atoms with Gasteiger partial charge >= 0.3 is 5.97 Å². The highest BCUT2D eigenvalue weighted by Crippen LogP contribution is 2.25. The van der Waals surface area contributed by atoms with Crippen LogP contribution in [0.25, 0.3) is 0 Å². The van der Waals surface area contributed by atoms with E-state index in [-0.39, 0.29) is 6.54 Å². The maximum Gasteiger partial charge on any atom is 0.326 e. The SMILES string of the molecule is C[C@@H](OC(=O)CNC(=O)c1ccccc1)C(=O)Nc1cc(Cl)ccc1Cl. The number of hydrogen-bond acceptors (Lipinski definition) is 4. The average Bonchev–Trinajstić information content (AvgIpc) is 2.63. The summed E-state index contributed by atoms with van der Waals surface area (Å²) in [4.78, 5) is 35.8. The van der Waals surface area contributed by atoms with Gasteiger partial charge in [-0.3, -0.25) is 14.4 Å². The Kier molecular flexibility index (Phi) is 7.00. The molecule has 0 aliphatic heterocycles. The zero-order valence-corrected chi connectivity index (χ0v) is 15.3. The Balaban J connectivity index is 1.83. The third kappa shape index (κ3) is 5.75. The van der Waals surface area contributed by atoms with Crippen LogP contribution in [0.4, 0.5) is 5.69 Å². The maximum atomic E-state index is 12.1. The lowest BCUT2D eigenvalue weighted by atomic mass is 10.2. The third-order valence-corrected chi connectivity index (χ3v) is 3.86. The Hall–Kier alpha value is -2.57. The Labute approximate surface area is 160 Å². The van der Waals surface area contributed by atoms with Crippen molar-refractivity contribution in [2.45, 2.75) is 13.0 Å². The van der Waals surface area contributed by atoms with Crippen LogP contribution in [0.5, 0.6) is 0 Å². The van der Waals surface area contributed by atoms with Crippen molar-refractivity contribution in [1.29, 1.82) is 0 Å². The summed E-state index contributed by atoms with van der Waals surface area (Å²) in [6.45, 7) is 1.05.